The van der Waals surface area contributed by atoms with E-state index in [0.29, 0.717) is 17.8 Å². The van der Waals surface area contributed by atoms with Crippen LogP contribution in [0.1, 0.15) is 24.2 Å². The Labute approximate surface area is 112 Å². The maximum atomic E-state index is 12.1. The van der Waals surface area contributed by atoms with Crippen LogP contribution in [0.25, 0.3) is 0 Å². The lowest BCUT2D eigenvalue weighted by atomic mass is 9.92. The summed E-state index contributed by atoms with van der Waals surface area (Å²) in [5, 5.41) is 2.89. The van der Waals surface area contributed by atoms with Gasteiger partial charge in [-0.2, -0.15) is 0 Å². The van der Waals surface area contributed by atoms with Crippen molar-refractivity contribution >= 4 is 23.3 Å². The van der Waals surface area contributed by atoms with Crippen molar-refractivity contribution in [1.29, 1.82) is 0 Å². The largest absolute Gasteiger partial charge is 0.465 e. The molecule has 1 aromatic rings. The molecule has 0 spiro atoms. The van der Waals surface area contributed by atoms with E-state index in [0.717, 1.165) is 5.69 Å². The molecule has 0 bridgehead atoms. The zero-order valence-electron chi connectivity index (χ0n) is 11.6. The lowest BCUT2D eigenvalue weighted by Crippen LogP contribution is -2.37. The Morgan fingerprint density at radius 2 is 2.11 bits per heavy atom. The van der Waals surface area contributed by atoms with E-state index in [-0.39, 0.29) is 11.9 Å². The number of fused-ring (bicyclic) bond motifs is 1. The van der Waals surface area contributed by atoms with E-state index >= 15 is 0 Å². The molecule has 1 aliphatic heterocycles. The summed E-state index contributed by atoms with van der Waals surface area (Å²) >= 11 is 0. The molecule has 5 heteroatoms. The number of ether oxygens (including phenoxy) is 1. The van der Waals surface area contributed by atoms with Crippen molar-refractivity contribution in [3.63, 3.8) is 0 Å². The number of nitrogens with zero attached hydrogens (tertiary/aromatic N) is 1. The fourth-order valence-corrected chi connectivity index (χ4v) is 2.24. The molecule has 1 aromatic carbocycles. The number of anilines is 2. The van der Waals surface area contributed by atoms with Gasteiger partial charge in [-0.15, -0.1) is 0 Å². The highest BCUT2D eigenvalue weighted by atomic mass is 16.5. The Morgan fingerprint density at radius 3 is 2.74 bits per heavy atom. The zero-order valence-corrected chi connectivity index (χ0v) is 11.6. The van der Waals surface area contributed by atoms with E-state index in [9.17, 15) is 9.59 Å². The molecule has 5 nitrogen and oxygen atoms in total. The van der Waals surface area contributed by atoms with Crippen molar-refractivity contribution in [2.45, 2.75) is 13.8 Å². The molecule has 1 amide bonds. The lowest BCUT2D eigenvalue weighted by molar-refractivity contribution is -0.123. The van der Waals surface area contributed by atoms with Crippen molar-refractivity contribution < 1.29 is 14.3 Å². The molecule has 2 rings (SSSR count). The molecule has 0 atom stereocenters. The fourth-order valence-electron chi connectivity index (χ4n) is 2.24. The first-order valence-electron chi connectivity index (χ1n) is 6.10. The molecule has 1 aliphatic rings. The van der Waals surface area contributed by atoms with Gasteiger partial charge in [0, 0.05) is 13.6 Å². The van der Waals surface area contributed by atoms with Crippen LogP contribution in [0.15, 0.2) is 18.2 Å². The van der Waals surface area contributed by atoms with Gasteiger partial charge in [0.15, 0.2) is 0 Å². The first-order chi connectivity index (χ1) is 8.85. The summed E-state index contributed by atoms with van der Waals surface area (Å²) < 4.78 is 4.71. The highest BCUT2D eigenvalue weighted by Crippen LogP contribution is 2.34. The predicted molar refractivity (Wildman–Crippen MR) is 73.5 cm³/mol. The van der Waals surface area contributed by atoms with Crippen molar-refractivity contribution in [3.05, 3.63) is 23.8 Å². The van der Waals surface area contributed by atoms with E-state index in [1.165, 1.54) is 7.11 Å². The van der Waals surface area contributed by atoms with Gasteiger partial charge in [-0.1, -0.05) is 0 Å². The summed E-state index contributed by atoms with van der Waals surface area (Å²) in [6.45, 7) is 4.37. The van der Waals surface area contributed by atoms with Crippen LogP contribution in [0.3, 0.4) is 0 Å². The standard InChI is InChI=1S/C14H18N2O3/c1-14(2)8-16(3)11-7-9(12(17)19-4)5-6-10(11)15-13(14)18/h5-7H,8H2,1-4H3,(H,15,18). The third-order valence-electron chi connectivity index (χ3n) is 3.33. The molecule has 0 radical (unpaired) electrons. The lowest BCUT2D eigenvalue weighted by Gasteiger charge is -2.26. The van der Waals surface area contributed by atoms with Crippen LogP contribution >= 0.6 is 0 Å². The normalized spacial score (nSPS) is 17.3. The summed E-state index contributed by atoms with van der Waals surface area (Å²) in [5.74, 6) is -0.407. The number of benzene rings is 1. The highest BCUT2D eigenvalue weighted by molar-refractivity contribution is 6.01. The molecule has 0 fully saturated rings. The van der Waals surface area contributed by atoms with Gasteiger partial charge in [-0.3, -0.25) is 4.79 Å². The number of methoxy groups -OCH3 is 1. The average Bonchev–Trinajstić information content (AvgIpc) is 2.44. The summed E-state index contributed by atoms with van der Waals surface area (Å²) in [6.07, 6.45) is 0. The van der Waals surface area contributed by atoms with Crippen LogP contribution in [0.2, 0.25) is 0 Å². The summed E-state index contributed by atoms with van der Waals surface area (Å²) in [7, 11) is 3.25. The Balaban J connectivity index is 2.46. The van der Waals surface area contributed by atoms with Crippen LogP contribution in [0.5, 0.6) is 0 Å². The van der Waals surface area contributed by atoms with E-state index < -0.39 is 5.41 Å². The van der Waals surface area contributed by atoms with Crippen molar-refractivity contribution in [3.8, 4) is 0 Å². The van der Waals surface area contributed by atoms with Crippen LogP contribution in [0.4, 0.5) is 11.4 Å². The SMILES string of the molecule is COC(=O)c1ccc2c(c1)N(C)CC(C)(C)C(=O)N2. The second-order valence-electron chi connectivity index (χ2n) is 5.42. The second kappa shape index (κ2) is 4.57. The Kier molecular flexibility index (Phi) is 3.22. The number of amides is 1. The minimum atomic E-state index is -0.487. The molecule has 0 aliphatic carbocycles. The van der Waals surface area contributed by atoms with Crippen molar-refractivity contribution in [2.24, 2.45) is 5.41 Å². The molecule has 0 saturated carbocycles. The Bertz CT molecular complexity index is 537. The van der Waals surface area contributed by atoms with Gasteiger partial charge in [-0.25, -0.2) is 4.79 Å². The van der Waals surface area contributed by atoms with Crippen LogP contribution in [-0.2, 0) is 9.53 Å². The zero-order chi connectivity index (χ0) is 14.2. The molecular formula is C14H18N2O3. The van der Waals surface area contributed by atoms with Gasteiger partial charge in [0.05, 0.1) is 29.5 Å². The first-order valence-corrected chi connectivity index (χ1v) is 6.10. The molecule has 102 valence electrons. The van der Waals surface area contributed by atoms with Gasteiger partial charge in [0.25, 0.3) is 0 Å². The van der Waals surface area contributed by atoms with E-state index in [4.69, 9.17) is 4.74 Å². The number of nitrogens with one attached hydrogen (secondary N) is 1. The Hall–Kier alpha value is -2.04. The molecule has 0 saturated heterocycles. The topological polar surface area (TPSA) is 58.6 Å². The van der Waals surface area contributed by atoms with Crippen LogP contribution in [-0.4, -0.2) is 32.6 Å². The minimum absolute atomic E-state index is 0.0241. The summed E-state index contributed by atoms with van der Waals surface area (Å²) in [6, 6.07) is 5.12. The maximum absolute atomic E-state index is 12.1. The fraction of sp³-hybridized carbons (Fsp3) is 0.429. The maximum Gasteiger partial charge on any atom is 0.337 e. The number of rotatable bonds is 1. The monoisotopic (exact) mass is 262 g/mol. The predicted octanol–water partition coefficient (Wildman–Crippen LogP) is 1.89. The van der Waals surface area contributed by atoms with Gasteiger partial charge in [-0.05, 0) is 32.0 Å². The first kappa shape index (κ1) is 13.4. The quantitative estimate of drug-likeness (QED) is 0.785. The van der Waals surface area contributed by atoms with E-state index in [2.05, 4.69) is 5.32 Å². The number of esters is 1. The average molecular weight is 262 g/mol. The van der Waals surface area contributed by atoms with Gasteiger partial charge < -0.3 is 15.0 Å². The second-order valence-corrected chi connectivity index (χ2v) is 5.42. The van der Waals surface area contributed by atoms with Crippen molar-refractivity contribution in [2.75, 3.05) is 30.9 Å². The van der Waals surface area contributed by atoms with Crippen LogP contribution < -0.4 is 10.2 Å². The number of hydrogen-bond donors (Lipinski definition) is 1. The Morgan fingerprint density at radius 1 is 1.42 bits per heavy atom. The van der Waals surface area contributed by atoms with Gasteiger partial charge >= 0.3 is 5.97 Å². The minimum Gasteiger partial charge on any atom is -0.465 e. The molecule has 1 N–H and O–H groups in total. The van der Waals surface area contributed by atoms with E-state index in [1.807, 2.05) is 25.8 Å². The third kappa shape index (κ3) is 2.41. The van der Waals surface area contributed by atoms with Gasteiger partial charge in [0.1, 0.15) is 0 Å². The van der Waals surface area contributed by atoms with Crippen LogP contribution in [0, 0.1) is 5.41 Å². The molecule has 1 heterocycles. The smallest absolute Gasteiger partial charge is 0.337 e. The van der Waals surface area contributed by atoms with Crippen molar-refractivity contribution in [1.82, 2.24) is 0 Å². The number of hydrogen-bond acceptors (Lipinski definition) is 4. The summed E-state index contributed by atoms with van der Waals surface area (Å²) in [5.41, 5.74) is 1.52. The molecule has 19 heavy (non-hydrogen) atoms. The number of carbonyl (C=O) groups is 2. The van der Waals surface area contributed by atoms with Gasteiger partial charge in [0.2, 0.25) is 5.91 Å². The molecular weight excluding hydrogens is 244 g/mol. The molecule has 0 unspecified atom stereocenters. The molecule has 0 aromatic heterocycles. The highest BCUT2D eigenvalue weighted by Gasteiger charge is 2.33. The summed E-state index contributed by atoms with van der Waals surface area (Å²) in [4.78, 5) is 25.6. The van der Waals surface area contributed by atoms with E-state index in [1.54, 1.807) is 18.2 Å². The number of carbonyl (C=O) groups excluding carboxylic acids is 2. The third-order valence-corrected chi connectivity index (χ3v) is 3.33.